The van der Waals surface area contributed by atoms with Crippen LogP contribution in [0.25, 0.3) is 0 Å². The van der Waals surface area contributed by atoms with E-state index < -0.39 is 0 Å². The van der Waals surface area contributed by atoms with Crippen LogP contribution in [0.15, 0.2) is 0 Å². The number of nitrogens with one attached hydrogen (secondary N) is 2. The van der Waals surface area contributed by atoms with Crippen molar-refractivity contribution in [2.45, 2.75) is 38.5 Å². The Morgan fingerprint density at radius 1 is 0.958 bits per heavy atom. The highest BCUT2D eigenvalue weighted by molar-refractivity contribution is 5.83. The van der Waals surface area contributed by atoms with E-state index in [1.165, 1.54) is 19.3 Å². The normalized spacial score (nSPS) is 33.5. The molecule has 4 fully saturated rings. The molecule has 0 saturated heterocycles. The quantitative estimate of drug-likeness (QED) is 0.617. The molecule has 4 aliphatic rings. The summed E-state index contributed by atoms with van der Waals surface area (Å²) < 4.78 is 10.00. The summed E-state index contributed by atoms with van der Waals surface area (Å²) in [5.41, 5.74) is -0.109. The minimum Gasteiger partial charge on any atom is -0.382 e. The third-order valence-electron chi connectivity index (χ3n) is 5.92. The predicted molar refractivity (Wildman–Crippen MR) is 89.3 cm³/mol. The smallest absolute Gasteiger partial charge is 0.246 e. The second kappa shape index (κ2) is 7.83. The first kappa shape index (κ1) is 17.7. The average Bonchev–Trinajstić information content (AvgIpc) is 2.54. The van der Waals surface area contributed by atoms with Crippen LogP contribution in [0.4, 0.5) is 0 Å². The van der Waals surface area contributed by atoms with Crippen LogP contribution in [-0.2, 0) is 19.1 Å². The van der Waals surface area contributed by atoms with Crippen molar-refractivity contribution in [1.82, 2.24) is 10.6 Å². The van der Waals surface area contributed by atoms with Gasteiger partial charge in [-0.05, 0) is 56.3 Å². The van der Waals surface area contributed by atoms with Gasteiger partial charge < -0.3 is 20.1 Å². The molecule has 0 radical (unpaired) electrons. The number of hydrogen-bond acceptors (Lipinski definition) is 4. The van der Waals surface area contributed by atoms with Crippen LogP contribution in [0.5, 0.6) is 0 Å². The molecule has 0 spiro atoms. The largest absolute Gasteiger partial charge is 0.382 e. The Morgan fingerprint density at radius 2 is 1.54 bits per heavy atom. The fraction of sp³-hybridized carbons (Fsp3) is 0.889. The Kier molecular flexibility index (Phi) is 5.76. The summed E-state index contributed by atoms with van der Waals surface area (Å²) in [7, 11) is 1.59. The van der Waals surface area contributed by atoms with E-state index in [1.54, 1.807) is 7.11 Å². The van der Waals surface area contributed by atoms with Crippen LogP contribution < -0.4 is 10.6 Å². The van der Waals surface area contributed by atoms with Crippen molar-refractivity contribution in [3.8, 4) is 0 Å². The predicted octanol–water partition coefficient (Wildman–Crippen LogP) is 1.10. The lowest BCUT2D eigenvalue weighted by molar-refractivity contribution is -0.146. The fourth-order valence-electron chi connectivity index (χ4n) is 5.31. The summed E-state index contributed by atoms with van der Waals surface area (Å²) in [4.78, 5) is 24.3. The second-order valence-electron chi connectivity index (χ2n) is 7.85. The first-order valence-corrected chi connectivity index (χ1v) is 9.23. The molecule has 0 aromatic carbocycles. The van der Waals surface area contributed by atoms with E-state index in [4.69, 9.17) is 9.47 Å². The molecular weight excluding hydrogens is 308 g/mol. The van der Waals surface area contributed by atoms with Gasteiger partial charge in [0.15, 0.2) is 0 Å². The summed E-state index contributed by atoms with van der Waals surface area (Å²) in [5, 5.41) is 5.83. The third kappa shape index (κ3) is 4.09. The maximum absolute atomic E-state index is 12.7. The second-order valence-corrected chi connectivity index (χ2v) is 7.85. The Balaban J connectivity index is 1.34. The van der Waals surface area contributed by atoms with Gasteiger partial charge in [-0.15, -0.1) is 0 Å². The molecule has 4 bridgehead atoms. The molecule has 0 atom stereocenters. The number of carbonyl (C=O) groups is 2. The lowest BCUT2D eigenvalue weighted by Gasteiger charge is -2.55. The number of amides is 2. The van der Waals surface area contributed by atoms with Crippen LogP contribution in [0.1, 0.15) is 38.5 Å². The zero-order chi connectivity index (χ0) is 17.0. The Labute approximate surface area is 144 Å². The van der Waals surface area contributed by atoms with E-state index in [0.717, 1.165) is 37.0 Å². The highest BCUT2D eigenvalue weighted by Gasteiger charge is 2.54. The molecule has 2 amide bonds. The van der Waals surface area contributed by atoms with Gasteiger partial charge in [0, 0.05) is 25.6 Å². The van der Waals surface area contributed by atoms with Gasteiger partial charge in [0.25, 0.3) is 0 Å². The molecule has 0 aromatic rings. The van der Waals surface area contributed by atoms with E-state index in [2.05, 4.69) is 10.6 Å². The maximum Gasteiger partial charge on any atom is 0.246 e. The summed E-state index contributed by atoms with van der Waals surface area (Å²) in [6.07, 6.45) is 7.24. The van der Waals surface area contributed by atoms with Crippen molar-refractivity contribution in [2.24, 2.45) is 23.2 Å². The topological polar surface area (TPSA) is 76.7 Å². The standard InChI is InChI=1S/C18H30N2O4/c1-23-4-5-24-12-16(21)19-2-3-20-17(22)18-9-13-6-14(10-18)8-15(7-13)11-18/h13-15H,2-12H2,1H3,(H,19,21)(H,20,22). The van der Waals surface area contributed by atoms with Crippen molar-refractivity contribution in [2.75, 3.05) is 40.0 Å². The highest BCUT2D eigenvalue weighted by Crippen LogP contribution is 2.60. The van der Waals surface area contributed by atoms with Gasteiger partial charge in [0.2, 0.25) is 11.8 Å². The van der Waals surface area contributed by atoms with Crippen LogP contribution in [0.3, 0.4) is 0 Å². The fourth-order valence-corrected chi connectivity index (χ4v) is 5.31. The minimum atomic E-state index is -0.157. The summed E-state index contributed by atoms with van der Waals surface area (Å²) in [6.45, 7) is 1.86. The first-order chi connectivity index (χ1) is 11.6. The molecule has 6 nitrogen and oxygen atoms in total. The van der Waals surface area contributed by atoms with Crippen LogP contribution >= 0.6 is 0 Å². The molecule has 0 aliphatic heterocycles. The van der Waals surface area contributed by atoms with Crippen molar-refractivity contribution >= 4 is 11.8 Å². The number of rotatable bonds is 9. The average molecular weight is 338 g/mol. The van der Waals surface area contributed by atoms with E-state index in [0.29, 0.717) is 26.3 Å². The molecule has 4 saturated carbocycles. The molecule has 24 heavy (non-hydrogen) atoms. The van der Waals surface area contributed by atoms with Crippen molar-refractivity contribution in [1.29, 1.82) is 0 Å². The van der Waals surface area contributed by atoms with Gasteiger partial charge in [-0.25, -0.2) is 0 Å². The molecule has 0 heterocycles. The van der Waals surface area contributed by atoms with Crippen molar-refractivity contribution < 1.29 is 19.1 Å². The van der Waals surface area contributed by atoms with E-state index in [9.17, 15) is 9.59 Å². The van der Waals surface area contributed by atoms with Crippen molar-refractivity contribution in [3.63, 3.8) is 0 Å². The number of methoxy groups -OCH3 is 1. The lowest BCUT2D eigenvalue weighted by Crippen LogP contribution is -2.54. The van der Waals surface area contributed by atoms with E-state index in [-0.39, 0.29) is 23.8 Å². The van der Waals surface area contributed by atoms with E-state index >= 15 is 0 Å². The summed E-state index contributed by atoms with van der Waals surface area (Å²) >= 11 is 0. The van der Waals surface area contributed by atoms with Gasteiger partial charge in [0.1, 0.15) is 6.61 Å². The molecule has 136 valence electrons. The van der Waals surface area contributed by atoms with Crippen LogP contribution in [-0.4, -0.2) is 51.8 Å². The van der Waals surface area contributed by atoms with Gasteiger partial charge in [-0.1, -0.05) is 0 Å². The molecule has 0 aromatic heterocycles. The number of ether oxygens (including phenoxy) is 2. The van der Waals surface area contributed by atoms with Gasteiger partial charge in [-0.2, -0.15) is 0 Å². The molecular formula is C18H30N2O4. The van der Waals surface area contributed by atoms with Crippen molar-refractivity contribution in [3.05, 3.63) is 0 Å². The van der Waals surface area contributed by atoms with E-state index in [1.807, 2.05) is 0 Å². The molecule has 0 unspecified atom stereocenters. The van der Waals surface area contributed by atoms with Crippen LogP contribution in [0.2, 0.25) is 0 Å². The van der Waals surface area contributed by atoms with Gasteiger partial charge >= 0.3 is 0 Å². The summed E-state index contributed by atoms with van der Waals surface area (Å²) in [6, 6.07) is 0. The monoisotopic (exact) mass is 338 g/mol. The van der Waals surface area contributed by atoms with Gasteiger partial charge in [0.05, 0.1) is 13.2 Å². The SMILES string of the molecule is COCCOCC(=O)NCCNC(=O)C12CC3CC(CC(C3)C1)C2. The molecule has 2 N–H and O–H groups in total. The Hall–Kier alpha value is -1.14. The minimum absolute atomic E-state index is 0.0340. The number of hydrogen-bond donors (Lipinski definition) is 2. The molecule has 6 heteroatoms. The highest BCUT2D eigenvalue weighted by atomic mass is 16.5. The summed E-state index contributed by atoms with van der Waals surface area (Å²) in [5.74, 6) is 2.37. The maximum atomic E-state index is 12.7. The molecule has 4 aliphatic carbocycles. The third-order valence-corrected chi connectivity index (χ3v) is 5.92. The Morgan fingerprint density at radius 3 is 2.12 bits per heavy atom. The zero-order valence-corrected chi connectivity index (χ0v) is 14.6. The molecule has 4 rings (SSSR count). The lowest BCUT2D eigenvalue weighted by atomic mass is 9.49. The first-order valence-electron chi connectivity index (χ1n) is 9.23. The van der Waals surface area contributed by atoms with Gasteiger partial charge in [-0.3, -0.25) is 9.59 Å². The Bertz CT molecular complexity index is 431. The van der Waals surface area contributed by atoms with Crippen LogP contribution in [0, 0.1) is 23.2 Å². The zero-order valence-electron chi connectivity index (χ0n) is 14.6. The number of carbonyl (C=O) groups excluding carboxylic acids is 2.